The number of nitrogens with two attached hydrogens (primary N) is 2. The van der Waals surface area contributed by atoms with Gasteiger partial charge in [0.25, 0.3) is 5.91 Å². The van der Waals surface area contributed by atoms with Crippen molar-refractivity contribution in [1.82, 2.24) is 20.6 Å². The van der Waals surface area contributed by atoms with Crippen LogP contribution in [0.4, 0.5) is 11.6 Å². The van der Waals surface area contributed by atoms with Crippen LogP contribution in [0.25, 0.3) is 0 Å². The largest absolute Gasteiger partial charge is 0.382 e. The van der Waals surface area contributed by atoms with Crippen LogP contribution in [0.1, 0.15) is 41.4 Å². The Morgan fingerprint density at radius 3 is 2.43 bits per heavy atom. The van der Waals surface area contributed by atoms with E-state index in [-0.39, 0.29) is 28.4 Å². The van der Waals surface area contributed by atoms with Crippen molar-refractivity contribution in [2.45, 2.75) is 26.2 Å². The molecular formula is C18H23ClN8O. The number of unbranched alkanes of at least 4 members (excludes halogenated alkanes) is 1. The van der Waals surface area contributed by atoms with Crippen LogP contribution < -0.4 is 22.1 Å². The van der Waals surface area contributed by atoms with Gasteiger partial charge in [0.2, 0.25) is 0 Å². The highest BCUT2D eigenvalue weighted by Gasteiger charge is 2.16. The van der Waals surface area contributed by atoms with Gasteiger partial charge in [-0.2, -0.15) is 0 Å². The lowest BCUT2D eigenvalue weighted by atomic mass is 10.0. The van der Waals surface area contributed by atoms with E-state index in [1.807, 2.05) is 24.3 Å². The standard InChI is InChI=1S/C18H23ClN8O/c1-10(20)12-7-5-11(6-8-12)4-2-3-9-24-18(23)27-17(28)13-15(21)26-16(22)14(19)25-13/h5-8,20H,2-4,9H2,1H3,(H4,21,22,26)(H3,23,24,27,28). The molecule has 0 radical (unpaired) electrons. The summed E-state index contributed by atoms with van der Waals surface area (Å²) in [4.78, 5) is 19.6. The minimum absolute atomic E-state index is 0.0634. The van der Waals surface area contributed by atoms with E-state index in [1.165, 1.54) is 5.56 Å². The molecule has 1 amide bonds. The van der Waals surface area contributed by atoms with Crippen molar-refractivity contribution in [3.05, 3.63) is 46.2 Å². The minimum atomic E-state index is -0.689. The van der Waals surface area contributed by atoms with Gasteiger partial charge in [-0.05, 0) is 37.3 Å². The second-order valence-electron chi connectivity index (χ2n) is 6.17. The Labute approximate surface area is 167 Å². The van der Waals surface area contributed by atoms with E-state index >= 15 is 0 Å². The fourth-order valence-corrected chi connectivity index (χ4v) is 2.54. The van der Waals surface area contributed by atoms with Crippen LogP contribution in [0.5, 0.6) is 0 Å². The number of rotatable bonds is 7. The van der Waals surface area contributed by atoms with E-state index < -0.39 is 5.91 Å². The summed E-state index contributed by atoms with van der Waals surface area (Å²) in [5, 5.41) is 20.4. The molecule has 2 rings (SSSR count). The van der Waals surface area contributed by atoms with Crippen LogP contribution in [-0.4, -0.2) is 34.1 Å². The number of carbonyl (C=O) groups excluding carboxylic acids is 1. The van der Waals surface area contributed by atoms with Crippen LogP contribution in [0.3, 0.4) is 0 Å². The molecule has 0 aliphatic heterocycles. The molecule has 8 N–H and O–H groups in total. The highest BCUT2D eigenvalue weighted by Crippen LogP contribution is 2.17. The first-order chi connectivity index (χ1) is 13.3. The first kappa shape index (κ1) is 21.1. The summed E-state index contributed by atoms with van der Waals surface area (Å²) < 4.78 is 0. The van der Waals surface area contributed by atoms with Crippen molar-refractivity contribution in [3.8, 4) is 0 Å². The predicted octanol–water partition coefficient (Wildman–Crippen LogP) is 1.96. The molecule has 0 saturated carbocycles. The number of aryl methyl sites for hydroxylation is 1. The number of amides is 1. The molecule has 9 nitrogen and oxygen atoms in total. The number of nitrogen functional groups attached to an aromatic ring is 2. The van der Waals surface area contributed by atoms with Crippen LogP contribution in [0.15, 0.2) is 24.3 Å². The Morgan fingerprint density at radius 1 is 1.11 bits per heavy atom. The summed E-state index contributed by atoms with van der Waals surface area (Å²) in [6.07, 6.45) is 2.64. The van der Waals surface area contributed by atoms with Gasteiger partial charge >= 0.3 is 0 Å². The normalized spacial score (nSPS) is 10.4. The van der Waals surface area contributed by atoms with Crippen LogP contribution in [0.2, 0.25) is 5.15 Å². The molecule has 1 heterocycles. The molecule has 0 spiro atoms. The molecule has 0 saturated heterocycles. The van der Waals surface area contributed by atoms with E-state index in [0.717, 1.165) is 24.8 Å². The lowest BCUT2D eigenvalue weighted by Gasteiger charge is -2.10. The number of hydrogen-bond donors (Lipinski definition) is 6. The average Bonchev–Trinajstić information content (AvgIpc) is 2.64. The van der Waals surface area contributed by atoms with Crippen molar-refractivity contribution in [1.29, 1.82) is 10.8 Å². The van der Waals surface area contributed by atoms with Gasteiger partial charge in [0.15, 0.2) is 28.4 Å². The van der Waals surface area contributed by atoms with E-state index in [0.29, 0.717) is 12.3 Å². The lowest BCUT2D eigenvalue weighted by molar-refractivity contribution is 0.0971. The molecule has 0 unspecified atom stereocenters. The van der Waals surface area contributed by atoms with E-state index in [2.05, 4.69) is 20.6 Å². The Balaban J connectivity index is 1.72. The monoisotopic (exact) mass is 402 g/mol. The summed E-state index contributed by atoms with van der Waals surface area (Å²) in [6.45, 7) is 2.29. The van der Waals surface area contributed by atoms with Gasteiger partial charge < -0.3 is 22.2 Å². The van der Waals surface area contributed by atoms with Gasteiger partial charge in [-0.25, -0.2) is 9.97 Å². The van der Waals surface area contributed by atoms with Gasteiger partial charge in [-0.15, -0.1) is 0 Å². The van der Waals surface area contributed by atoms with Gasteiger partial charge in [-0.1, -0.05) is 35.9 Å². The third kappa shape index (κ3) is 5.92. The van der Waals surface area contributed by atoms with Crippen LogP contribution in [-0.2, 0) is 6.42 Å². The highest BCUT2D eigenvalue weighted by atomic mass is 35.5. The van der Waals surface area contributed by atoms with Gasteiger partial charge in [0, 0.05) is 12.3 Å². The summed E-state index contributed by atoms with van der Waals surface area (Å²) in [7, 11) is 0. The summed E-state index contributed by atoms with van der Waals surface area (Å²) in [5.74, 6) is -1.07. The second kappa shape index (κ2) is 9.65. The van der Waals surface area contributed by atoms with Gasteiger partial charge in [0.05, 0.1) is 0 Å². The molecule has 0 aliphatic rings. The third-order valence-corrected chi connectivity index (χ3v) is 4.22. The summed E-state index contributed by atoms with van der Waals surface area (Å²) in [6, 6.07) is 7.93. The Kier molecular flexibility index (Phi) is 7.28. The van der Waals surface area contributed by atoms with Crippen LogP contribution >= 0.6 is 11.6 Å². The first-order valence-electron chi connectivity index (χ1n) is 8.64. The molecule has 1 aromatic carbocycles. The highest BCUT2D eigenvalue weighted by molar-refractivity contribution is 6.31. The van der Waals surface area contributed by atoms with E-state index in [4.69, 9.17) is 33.9 Å². The molecule has 1 aromatic heterocycles. The maximum atomic E-state index is 12.1. The van der Waals surface area contributed by atoms with Crippen LogP contribution in [0, 0.1) is 10.8 Å². The number of nitrogens with one attached hydrogen (secondary N) is 4. The molecule has 28 heavy (non-hydrogen) atoms. The number of guanidine groups is 1. The maximum absolute atomic E-state index is 12.1. The number of hydrogen-bond acceptors (Lipinski definition) is 7. The van der Waals surface area contributed by atoms with Crippen molar-refractivity contribution in [3.63, 3.8) is 0 Å². The molecular weight excluding hydrogens is 380 g/mol. The SMILES string of the molecule is CC(=N)c1ccc(CCCCNC(=N)NC(=O)c2nc(Cl)c(N)nc2N)cc1. The van der Waals surface area contributed by atoms with Crippen molar-refractivity contribution >= 4 is 40.8 Å². The van der Waals surface area contributed by atoms with Crippen molar-refractivity contribution < 1.29 is 4.79 Å². The molecule has 2 aromatic rings. The number of anilines is 2. The molecule has 148 valence electrons. The average molecular weight is 403 g/mol. The smallest absolute Gasteiger partial charge is 0.280 e. The fraction of sp³-hybridized carbons (Fsp3) is 0.278. The number of aromatic nitrogens is 2. The molecule has 0 fully saturated rings. The zero-order valence-corrected chi connectivity index (χ0v) is 16.2. The molecule has 0 bridgehead atoms. The Hall–Kier alpha value is -3.20. The summed E-state index contributed by atoms with van der Waals surface area (Å²) in [5.41, 5.74) is 13.6. The predicted molar refractivity (Wildman–Crippen MR) is 111 cm³/mol. The van der Waals surface area contributed by atoms with Crippen molar-refractivity contribution in [2.24, 2.45) is 0 Å². The Bertz CT molecular complexity index is 882. The summed E-state index contributed by atoms with van der Waals surface area (Å²) >= 11 is 5.75. The second-order valence-corrected chi connectivity index (χ2v) is 6.53. The number of halogens is 1. The number of nitrogens with zero attached hydrogens (tertiary/aromatic N) is 2. The number of carbonyl (C=O) groups is 1. The van der Waals surface area contributed by atoms with E-state index in [1.54, 1.807) is 6.92 Å². The molecule has 0 aliphatic carbocycles. The molecule has 0 atom stereocenters. The third-order valence-electron chi connectivity index (χ3n) is 3.94. The van der Waals surface area contributed by atoms with E-state index in [9.17, 15) is 4.79 Å². The first-order valence-corrected chi connectivity index (χ1v) is 9.02. The lowest BCUT2D eigenvalue weighted by Crippen LogP contribution is -2.41. The van der Waals surface area contributed by atoms with Gasteiger partial charge in [0.1, 0.15) is 0 Å². The maximum Gasteiger partial charge on any atom is 0.280 e. The number of benzene rings is 1. The molecule has 10 heteroatoms. The zero-order valence-electron chi connectivity index (χ0n) is 15.5. The quantitative estimate of drug-likeness (QED) is 0.235. The fourth-order valence-electron chi connectivity index (χ4n) is 2.41. The zero-order chi connectivity index (χ0) is 20.7. The van der Waals surface area contributed by atoms with Gasteiger partial charge in [-0.3, -0.25) is 15.5 Å². The topological polar surface area (TPSA) is 167 Å². The van der Waals surface area contributed by atoms with Crippen molar-refractivity contribution in [2.75, 3.05) is 18.0 Å². The Morgan fingerprint density at radius 2 is 1.79 bits per heavy atom. The minimum Gasteiger partial charge on any atom is -0.382 e.